The Bertz CT molecular complexity index is 2000. The van der Waals surface area contributed by atoms with Crippen LogP contribution in [0.15, 0.2) is 11.1 Å². The van der Waals surface area contributed by atoms with Crippen LogP contribution in [0.5, 0.6) is 0 Å². The van der Waals surface area contributed by atoms with Crippen molar-refractivity contribution in [2.75, 3.05) is 11.9 Å². The van der Waals surface area contributed by atoms with Gasteiger partial charge >= 0.3 is 44.6 Å². The van der Waals surface area contributed by atoms with Crippen molar-refractivity contribution in [1.82, 2.24) is 19.5 Å². The number of nitrogens with zero attached hydrogens (tertiary/aromatic N) is 5. The number of fused-ring (bicyclic) bond motifs is 1. The maximum absolute atomic E-state index is 13.7. The van der Waals surface area contributed by atoms with Crippen LogP contribution in [0.3, 0.4) is 0 Å². The van der Waals surface area contributed by atoms with E-state index >= 15 is 0 Å². The van der Waals surface area contributed by atoms with E-state index in [4.69, 9.17) is 18.2 Å². The lowest BCUT2D eigenvalue weighted by atomic mass is 10.1. The van der Waals surface area contributed by atoms with Gasteiger partial charge in [-0.25, -0.2) is 33.3 Å². The number of amides is 1. The van der Waals surface area contributed by atoms with Gasteiger partial charge in [0.15, 0.2) is 25.7 Å². The fraction of sp³-hybridized carbons (Fsp3) is 0.636. The van der Waals surface area contributed by atoms with Crippen LogP contribution >= 0.6 is 30.6 Å². The van der Waals surface area contributed by atoms with Gasteiger partial charge in [-0.15, -0.1) is 0 Å². The zero-order valence-electron chi connectivity index (χ0n) is 28.8. The number of H-pyrrole nitrogens is 1. The summed E-state index contributed by atoms with van der Waals surface area (Å²) >= 11 is 0. The predicted molar refractivity (Wildman–Crippen MR) is 185 cm³/mol. The monoisotopic (exact) mass is 829 g/mol. The predicted octanol–water partition coefficient (Wildman–Crippen LogP) is 1.67. The molecule has 3 rings (SSSR count). The largest absolute Gasteiger partial charge is 0.476 e. The summed E-state index contributed by atoms with van der Waals surface area (Å²) in [5.74, 6) is 1.57. The Morgan fingerprint density at radius 3 is 2.15 bits per heavy atom. The van der Waals surface area contributed by atoms with Crippen LogP contribution in [0.25, 0.3) is 11.2 Å². The Balaban J connectivity index is 2.29. The Morgan fingerprint density at radius 1 is 1.08 bits per heavy atom. The maximum Gasteiger partial charge on any atom is 0.476 e. The molecule has 2 aromatic heterocycles. The summed E-state index contributed by atoms with van der Waals surface area (Å²) in [6.07, 6.45) is -5.54. The van der Waals surface area contributed by atoms with Gasteiger partial charge in [0.05, 0.1) is 12.9 Å². The van der Waals surface area contributed by atoms with E-state index in [-0.39, 0.29) is 17.1 Å². The summed E-state index contributed by atoms with van der Waals surface area (Å²) in [7, 11) is -24.2. The van der Waals surface area contributed by atoms with Crippen molar-refractivity contribution in [2.24, 2.45) is 5.92 Å². The molecule has 1 fully saturated rings. The molecule has 0 bridgehead atoms. The van der Waals surface area contributed by atoms with Crippen LogP contribution < -0.4 is 10.9 Å². The standard InChI is InChI=1S/C22H37B2N7O16P4Si/c1-12(2)18(32)29-21-28-17-14(19(33)30-21)27-11-31(17)20-16(45-52(6,7)22(3,4)5)15(44-49(35,24-10-26)47-51(39,40)41)13(43-20)8-42-48(34,23-9-25)46-50(36,37)38/h11-13,15-16,20,23-24H,8H2,1-7H3,(H2,36,37,38)(H2,39,40,41)(H2,28,29,30,32,33). The van der Waals surface area contributed by atoms with Gasteiger partial charge in [-0.1, -0.05) is 34.6 Å². The second-order valence-corrected chi connectivity index (χ2v) is 24.7. The van der Waals surface area contributed by atoms with Crippen LogP contribution in [0.1, 0.15) is 40.8 Å². The first-order valence-corrected chi connectivity index (χ1v) is 24.5. The van der Waals surface area contributed by atoms with E-state index in [1.165, 1.54) is 11.9 Å². The average molecular weight is 829 g/mol. The van der Waals surface area contributed by atoms with Gasteiger partial charge in [0.1, 0.15) is 18.3 Å². The number of aromatic nitrogens is 4. The van der Waals surface area contributed by atoms with Crippen LogP contribution in [0.4, 0.5) is 5.95 Å². The molecule has 0 spiro atoms. The normalized spacial score (nSPS) is 22.3. The molecule has 0 aromatic carbocycles. The van der Waals surface area contributed by atoms with E-state index in [2.05, 4.69) is 28.9 Å². The number of aromatic amines is 1. The molecular formula is C22H37B2N7O16P4Si. The Hall–Kier alpha value is -2.33. The molecule has 2 aromatic rings. The molecule has 23 nitrogen and oxygen atoms in total. The molecule has 3 heterocycles. The minimum absolute atomic E-state index is 0.205. The number of phosphoric acid groups is 2. The van der Waals surface area contributed by atoms with Crippen molar-refractivity contribution in [1.29, 1.82) is 10.5 Å². The van der Waals surface area contributed by atoms with Crippen molar-refractivity contribution in [3.63, 3.8) is 0 Å². The zero-order valence-corrected chi connectivity index (χ0v) is 33.4. The van der Waals surface area contributed by atoms with E-state index in [0.717, 1.165) is 10.9 Å². The lowest BCUT2D eigenvalue weighted by molar-refractivity contribution is -0.118. The van der Waals surface area contributed by atoms with Crippen molar-refractivity contribution in [3.05, 3.63) is 16.7 Å². The molecule has 6 unspecified atom stereocenters. The third-order valence-electron chi connectivity index (χ3n) is 7.70. The van der Waals surface area contributed by atoms with Crippen LogP contribution in [-0.2, 0) is 49.9 Å². The fourth-order valence-electron chi connectivity index (χ4n) is 4.32. The molecule has 1 aliphatic heterocycles. The number of anilines is 1. The molecule has 30 heteroatoms. The Morgan fingerprint density at radius 2 is 1.63 bits per heavy atom. The summed E-state index contributed by atoms with van der Waals surface area (Å²) in [5.41, 5.74) is -1.26. The first kappa shape index (κ1) is 44.1. The number of hydrogen-bond acceptors (Lipinski definition) is 16. The zero-order chi connectivity index (χ0) is 39.7. The fourth-order valence-corrected chi connectivity index (χ4v) is 10.5. The summed E-state index contributed by atoms with van der Waals surface area (Å²) in [6, 6.07) is 0. The number of imidazole rings is 1. The second kappa shape index (κ2) is 16.2. The number of rotatable bonds is 16. The molecule has 1 amide bonds. The highest BCUT2D eigenvalue weighted by molar-refractivity contribution is 7.88. The van der Waals surface area contributed by atoms with Crippen LogP contribution in [0.2, 0.25) is 18.1 Å². The van der Waals surface area contributed by atoms with Crippen molar-refractivity contribution in [3.8, 4) is 11.9 Å². The van der Waals surface area contributed by atoms with Gasteiger partial charge in [-0.2, -0.15) is 4.98 Å². The van der Waals surface area contributed by atoms with Gasteiger partial charge in [0.2, 0.25) is 11.9 Å². The van der Waals surface area contributed by atoms with E-state index in [0.29, 0.717) is 0 Å². The van der Waals surface area contributed by atoms with Crippen molar-refractivity contribution < 1.29 is 69.5 Å². The lowest BCUT2D eigenvalue weighted by Gasteiger charge is -2.41. The first-order chi connectivity index (χ1) is 23.6. The molecule has 0 aliphatic carbocycles. The quantitative estimate of drug-likeness (QED) is 0.103. The minimum atomic E-state index is -5.61. The SMILES string of the molecule is CC(C)C(=O)Nc1nc2c(ncn2C2OC(COP(=O)(BC#N)OP(=O)(O)O)C(OP(=O)(BC#N)OP(=O)(O)O)C2O[Si](C)(C)C(C)(C)C)c(=O)[nH]1. The number of nitriles is 2. The Labute approximate surface area is 298 Å². The van der Waals surface area contributed by atoms with Gasteiger partial charge in [0, 0.05) is 17.9 Å². The molecule has 6 N–H and O–H groups in total. The van der Waals surface area contributed by atoms with Gasteiger partial charge in [-0.05, 0) is 18.1 Å². The van der Waals surface area contributed by atoms with Crippen LogP contribution in [0, 0.1) is 28.4 Å². The molecule has 1 aliphatic rings. The highest BCUT2D eigenvalue weighted by Crippen LogP contribution is 2.62. The molecule has 0 saturated carbocycles. The highest BCUT2D eigenvalue weighted by atomic mass is 31.3. The number of carbonyl (C=O) groups excluding carboxylic acids is 1. The molecule has 1 saturated heterocycles. The van der Waals surface area contributed by atoms with Crippen molar-refractivity contribution in [2.45, 2.75) is 77.3 Å². The lowest BCUT2D eigenvalue weighted by Crippen LogP contribution is -2.49. The van der Waals surface area contributed by atoms with Gasteiger partial charge < -0.3 is 37.8 Å². The topological polar surface area (TPSA) is 345 Å². The number of carbonyl (C=O) groups is 1. The summed E-state index contributed by atoms with van der Waals surface area (Å²) in [4.78, 5) is 73.9. The van der Waals surface area contributed by atoms with E-state index in [1.807, 2.05) is 20.8 Å². The van der Waals surface area contributed by atoms with E-state index in [1.54, 1.807) is 26.9 Å². The number of hydrogen-bond donors (Lipinski definition) is 6. The van der Waals surface area contributed by atoms with Gasteiger partial charge in [0.25, 0.3) is 5.56 Å². The van der Waals surface area contributed by atoms with Crippen LogP contribution in [-0.4, -0.2) is 92.2 Å². The number of nitrogens with one attached hydrogen (secondary N) is 2. The van der Waals surface area contributed by atoms with Gasteiger partial charge in [-0.3, -0.25) is 33.6 Å². The smallest absolute Gasteiger partial charge is 0.407 e. The molecular weight excluding hydrogens is 792 g/mol. The molecule has 52 heavy (non-hydrogen) atoms. The summed E-state index contributed by atoms with van der Waals surface area (Å²) in [6.45, 7) is 8.85. The van der Waals surface area contributed by atoms with Crippen molar-refractivity contribution >= 4 is 75.9 Å². The Kier molecular flexibility index (Phi) is 13.7. The third-order valence-corrected chi connectivity index (χ3v) is 18.0. The van der Waals surface area contributed by atoms with E-state index < -0.39 is 106 Å². The second-order valence-electron chi connectivity index (χ2n) is 13.2. The molecule has 6 atom stereocenters. The minimum Gasteiger partial charge on any atom is -0.407 e. The average Bonchev–Trinajstić information content (AvgIpc) is 3.50. The summed E-state index contributed by atoms with van der Waals surface area (Å²) in [5, 5.41) is 20.4. The maximum atomic E-state index is 13.7. The van der Waals surface area contributed by atoms with E-state index in [9.17, 15) is 57.9 Å². The third kappa shape index (κ3) is 11.3. The first-order valence-electron chi connectivity index (χ1n) is 15.0. The number of ether oxygens (including phenoxy) is 1. The molecule has 0 radical (unpaired) electrons. The summed E-state index contributed by atoms with van der Waals surface area (Å²) < 4.78 is 84.0. The molecule has 286 valence electrons. The highest BCUT2D eigenvalue weighted by Gasteiger charge is 2.55.